The average molecular weight is 973 g/mol. The lowest BCUT2D eigenvalue weighted by atomic mass is 9.91. The van der Waals surface area contributed by atoms with Crippen LogP contribution in [0, 0.1) is 0 Å². The summed E-state index contributed by atoms with van der Waals surface area (Å²) in [6.07, 6.45) is -3.75. The van der Waals surface area contributed by atoms with E-state index in [1.54, 1.807) is 0 Å². The molecular weight excluding hydrogens is 945 g/mol. The number of rotatable bonds is 16. The van der Waals surface area contributed by atoms with Crippen LogP contribution in [0.2, 0.25) is 0 Å². The van der Waals surface area contributed by atoms with Crippen molar-refractivity contribution in [3.8, 4) is 23.0 Å². The van der Waals surface area contributed by atoms with Gasteiger partial charge in [-0.1, -0.05) is 0 Å². The molecule has 64 heavy (non-hydrogen) atoms. The first-order chi connectivity index (χ1) is 29.5. The predicted octanol–water partition coefficient (Wildman–Crippen LogP) is -4.14. The quantitative estimate of drug-likeness (QED) is 0.0682. The van der Waals surface area contributed by atoms with Gasteiger partial charge in [0.05, 0.1) is 43.5 Å². The minimum Gasteiger partial charge on any atom is -0.546 e. The number of carbonyl (C=O) groups is 4. The number of hydrogen-bond acceptors (Lipinski definition) is 20. The summed E-state index contributed by atoms with van der Waals surface area (Å²) in [5, 5.41) is 46.9. The van der Waals surface area contributed by atoms with Crippen LogP contribution in [-0.4, -0.2) is 102 Å². The molecule has 344 valence electrons. The Balaban J connectivity index is 2.08. The van der Waals surface area contributed by atoms with E-state index in [4.69, 9.17) is 18.9 Å². The molecule has 0 heterocycles. The summed E-state index contributed by atoms with van der Waals surface area (Å²) >= 11 is 0. The van der Waals surface area contributed by atoms with Gasteiger partial charge in [0, 0.05) is 70.2 Å². The Kier molecular flexibility index (Phi) is 14.0. The van der Waals surface area contributed by atoms with Crippen LogP contribution in [0.15, 0.2) is 68.1 Å². The summed E-state index contributed by atoms with van der Waals surface area (Å²) in [5.41, 5.74) is -4.17. The molecule has 0 spiro atoms. The van der Waals surface area contributed by atoms with E-state index in [0.717, 1.165) is 0 Å². The minimum atomic E-state index is -5.31. The predicted molar refractivity (Wildman–Crippen MR) is 198 cm³/mol. The highest BCUT2D eigenvalue weighted by Crippen LogP contribution is 2.42. The first-order valence-corrected chi connectivity index (χ1v) is 23.1. The fourth-order valence-corrected chi connectivity index (χ4v) is 8.95. The number of ether oxygens (including phenoxy) is 4. The van der Waals surface area contributed by atoms with Gasteiger partial charge in [0.1, 0.15) is 49.4 Å². The molecule has 8 bridgehead atoms. The molecule has 4 aromatic carbocycles. The average Bonchev–Trinajstić information content (AvgIpc) is 3.13. The number of carbonyl (C=O) groups excluding carboxylic acids is 4. The molecular formula is C36H28O24S4-4. The highest BCUT2D eigenvalue weighted by Gasteiger charge is 2.29. The van der Waals surface area contributed by atoms with Gasteiger partial charge < -0.3 is 58.6 Å². The van der Waals surface area contributed by atoms with Crippen LogP contribution in [0.3, 0.4) is 0 Å². The van der Waals surface area contributed by atoms with Crippen molar-refractivity contribution in [1.29, 1.82) is 0 Å². The van der Waals surface area contributed by atoms with Crippen LogP contribution >= 0.6 is 0 Å². The Morgan fingerprint density at radius 3 is 0.609 bits per heavy atom. The van der Waals surface area contributed by atoms with Crippen molar-refractivity contribution < 1.29 is 110 Å². The molecule has 0 unspecified atom stereocenters. The standard InChI is InChI=1S/C36H32O24S4/c37-29(38)13-57-33-17-1-18-6-26(62(48,49)50)8-20(34(18)58-14-30(39)40)3-22-10-28(64(54,55)56)12-24(36(22)60-16-32(43)44)4-23-11-27(63(51,52)53)9-21(35(23)59-15-31(41)42)2-19(33)7-25(5-17)61(45,46)47/h5-12H,1-4,13-16H2,(H,37,38)(H,39,40)(H,41,42)(H,43,44)(H,45,46,47)(H,48,49,50)(H,51,52,53)(H,54,55,56)/p-4. The molecule has 0 amide bonds. The fraction of sp³-hybridized carbons (Fsp3) is 0.222. The maximum Gasteiger partial charge on any atom is 0.294 e. The van der Waals surface area contributed by atoms with Crippen molar-refractivity contribution in [3.63, 3.8) is 0 Å². The van der Waals surface area contributed by atoms with Crippen molar-refractivity contribution in [2.45, 2.75) is 45.3 Å². The second kappa shape index (κ2) is 18.4. The van der Waals surface area contributed by atoms with E-state index in [-0.39, 0.29) is 0 Å². The monoisotopic (exact) mass is 972 g/mol. The van der Waals surface area contributed by atoms with Crippen molar-refractivity contribution >= 4 is 64.3 Å². The van der Waals surface area contributed by atoms with E-state index in [1.807, 2.05) is 0 Å². The van der Waals surface area contributed by atoms with Crippen LogP contribution in [0.25, 0.3) is 0 Å². The van der Waals surface area contributed by atoms with Crippen molar-refractivity contribution in [2.24, 2.45) is 0 Å². The maximum absolute atomic E-state index is 12.7. The molecule has 0 saturated heterocycles. The molecule has 24 nitrogen and oxygen atoms in total. The third-order valence-electron chi connectivity index (χ3n) is 8.92. The minimum absolute atomic E-state index is 0.521. The molecule has 4 aromatic rings. The Bertz CT molecular complexity index is 2560. The third-order valence-corrected chi connectivity index (χ3v) is 12.2. The second-order valence-corrected chi connectivity index (χ2v) is 19.2. The molecule has 1 aliphatic rings. The van der Waals surface area contributed by atoms with Crippen LogP contribution in [-0.2, 0) is 85.3 Å². The summed E-state index contributed by atoms with van der Waals surface area (Å²) in [7, 11) is -21.2. The van der Waals surface area contributed by atoms with E-state index in [2.05, 4.69) is 0 Å². The van der Waals surface area contributed by atoms with Crippen molar-refractivity contribution in [1.82, 2.24) is 0 Å². The number of benzene rings is 4. The van der Waals surface area contributed by atoms with Gasteiger partial charge in [0.15, 0.2) is 0 Å². The Hall–Kier alpha value is -6.40. The van der Waals surface area contributed by atoms with Gasteiger partial charge in [0.25, 0.3) is 40.5 Å². The zero-order chi connectivity index (χ0) is 47.7. The van der Waals surface area contributed by atoms with E-state index in [1.165, 1.54) is 0 Å². The largest absolute Gasteiger partial charge is 0.546 e. The number of carboxylic acid groups (broad SMARTS) is 4. The summed E-state index contributed by atoms with van der Waals surface area (Å²) < 4.78 is 165. The van der Waals surface area contributed by atoms with Crippen LogP contribution in [0.4, 0.5) is 0 Å². The number of hydrogen-bond donors (Lipinski definition) is 4. The van der Waals surface area contributed by atoms with Gasteiger partial charge >= 0.3 is 0 Å². The second-order valence-electron chi connectivity index (χ2n) is 13.5. The van der Waals surface area contributed by atoms with Crippen LogP contribution in [0.1, 0.15) is 44.5 Å². The number of aliphatic carboxylic acids is 4. The molecule has 1 aliphatic carbocycles. The van der Waals surface area contributed by atoms with Crippen molar-refractivity contribution in [3.05, 3.63) is 93.0 Å². The molecule has 0 fully saturated rings. The molecule has 0 aliphatic heterocycles. The first kappa shape index (κ1) is 48.6. The van der Waals surface area contributed by atoms with Gasteiger partial charge in [-0.15, -0.1) is 0 Å². The molecule has 5 rings (SSSR count). The van der Waals surface area contributed by atoms with Gasteiger partial charge in [0.2, 0.25) is 0 Å². The third kappa shape index (κ3) is 12.0. The van der Waals surface area contributed by atoms with E-state index in [0.29, 0.717) is 48.5 Å². The molecule has 0 aromatic heterocycles. The van der Waals surface area contributed by atoms with Gasteiger partial charge in [-0.3, -0.25) is 18.2 Å². The highest BCUT2D eigenvalue weighted by atomic mass is 32.2. The molecule has 4 N–H and O–H groups in total. The van der Waals surface area contributed by atoms with Crippen LogP contribution < -0.4 is 39.4 Å². The molecule has 0 saturated carbocycles. The van der Waals surface area contributed by atoms with Gasteiger partial charge in [-0.2, -0.15) is 33.7 Å². The van der Waals surface area contributed by atoms with E-state index in [9.17, 15) is 91.5 Å². The Morgan fingerprint density at radius 1 is 0.359 bits per heavy atom. The lowest BCUT2D eigenvalue weighted by Gasteiger charge is -2.24. The smallest absolute Gasteiger partial charge is 0.294 e. The summed E-state index contributed by atoms with van der Waals surface area (Å²) in [5.74, 6) is -10.2. The Morgan fingerprint density at radius 2 is 0.500 bits per heavy atom. The molecule has 0 atom stereocenters. The van der Waals surface area contributed by atoms with Gasteiger partial charge in [-0.25, -0.2) is 0 Å². The lowest BCUT2D eigenvalue weighted by Crippen LogP contribution is -2.30. The number of carboxylic acids is 4. The fourth-order valence-electron chi connectivity index (χ4n) is 6.62. The Labute approximate surface area is 361 Å². The topological polar surface area (TPSA) is 415 Å². The van der Waals surface area contributed by atoms with Crippen molar-refractivity contribution in [2.75, 3.05) is 26.4 Å². The van der Waals surface area contributed by atoms with E-state index < -0.39 is 204 Å². The van der Waals surface area contributed by atoms with Crippen LogP contribution in [0.5, 0.6) is 23.0 Å². The number of fused-ring (bicyclic) bond motifs is 8. The van der Waals surface area contributed by atoms with E-state index >= 15 is 0 Å². The molecule has 28 heteroatoms. The van der Waals surface area contributed by atoms with Gasteiger partial charge in [-0.05, 0) is 48.5 Å². The zero-order valence-corrected chi connectivity index (χ0v) is 35.1. The normalized spacial score (nSPS) is 13.1. The summed E-state index contributed by atoms with van der Waals surface area (Å²) in [6, 6.07) is 5.30. The maximum atomic E-state index is 12.7. The first-order valence-electron chi connectivity index (χ1n) is 17.3. The summed E-state index contributed by atoms with van der Waals surface area (Å²) in [6.45, 7) is -5.34. The molecule has 0 radical (unpaired) electrons. The summed E-state index contributed by atoms with van der Waals surface area (Å²) in [4.78, 5) is 42.8. The SMILES string of the molecule is O=C([O-])COc1c2cc(S(=O)(=O)O)cc1Cc1cc(S(=O)(=O)O)cc(c1OCC(=O)[O-])Cc1cc(S(=O)(=O)O)cc(c1OCC(=O)[O-])Cc1cc(S(=O)(=O)O)cc(c1OCC(=O)[O-])C2. The lowest BCUT2D eigenvalue weighted by molar-refractivity contribution is -0.308. The highest BCUT2D eigenvalue weighted by molar-refractivity contribution is 7.86. The zero-order valence-electron chi connectivity index (χ0n) is 31.9.